The lowest BCUT2D eigenvalue weighted by Gasteiger charge is -2.26. The lowest BCUT2D eigenvalue weighted by molar-refractivity contribution is 0.0728. The van der Waals surface area contributed by atoms with Crippen molar-refractivity contribution in [3.63, 3.8) is 0 Å². The molecule has 4 rings (SSSR count). The normalized spacial score (nSPS) is 14.8. The van der Waals surface area contributed by atoms with Crippen molar-refractivity contribution in [2.75, 3.05) is 18.8 Å². The number of likely N-dealkylation sites (tertiary alicyclic amines) is 1. The highest BCUT2D eigenvalue weighted by Gasteiger charge is 2.25. The predicted molar refractivity (Wildman–Crippen MR) is 110 cm³/mol. The molecule has 0 spiro atoms. The second kappa shape index (κ2) is 6.87. The van der Waals surface area contributed by atoms with Gasteiger partial charge in [-0.15, -0.1) is 11.3 Å². The number of benzene rings is 1. The molecular formula is C18H17IN4OS. The third-order valence-corrected chi connectivity index (χ3v) is 6.91. The van der Waals surface area contributed by atoms with Gasteiger partial charge in [0.2, 0.25) is 0 Å². The first kappa shape index (κ1) is 16.7. The second-order valence-corrected chi connectivity index (χ2v) is 8.15. The minimum absolute atomic E-state index is 0.0905. The molecule has 0 saturated carbocycles. The Kier molecular flexibility index (Phi) is 4.60. The van der Waals surface area contributed by atoms with Gasteiger partial charge in [0.25, 0.3) is 5.91 Å². The van der Waals surface area contributed by atoms with Crippen molar-refractivity contribution >= 4 is 55.9 Å². The summed E-state index contributed by atoms with van der Waals surface area (Å²) in [7, 11) is 0. The third-order valence-electron chi connectivity index (χ3n) is 4.39. The minimum Gasteiger partial charge on any atom is -0.383 e. The quantitative estimate of drug-likeness (QED) is 0.578. The van der Waals surface area contributed by atoms with Crippen LogP contribution in [0.25, 0.3) is 21.6 Å². The van der Waals surface area contributed by atoms with Crippen molar-refractivity contribution < 1.29 is 4.79 Å². The Morgan fingerprint density at radius 3 is 2.56 bits per heavy atom. The highest BCUT2D eigenvalue weighted by Crippen LogP contribution is 2.36. The summed E-state index contributed by atoms with van der Waals surface area (Å²) < 4.78 is 0.866. The van der Waals surface area contributed by atoms with Gasteiger partial charge in [0.1, 0.15) is 15.5 Å². The molecule has 0 bridgehead atoms. The van der Waals surface area contributed by atoms with Gasteiger partial charge in [0.05, 0.1) is 5.39 Å². The Hall–Kier alpha value is -1.74. The van der Waals surface area contributed by atoms with Gasteiger partial charge in [-0.3, -0.25) is 4.79 Å². The van der Waals surface area contributed by atoms with Gasteiger partial charge in [0.15, 0.2) is 5.82 Å². The van der Waals surface area contributed by atoms with Crippen LogP contribution in [0.5, 0.6) is 0 Å². The number of anilines is 1. The first-order valence-corrected chi connectivity index (χ1v) is 10.1. The molecule has 0 radical (unpaired) electrons. The van der Waals surface area contributed by atoms with E-state index in [0.717, 1.165) is 50.2 Å². The van der Waals surface area contributed by atoms with Crippen LogP contribution < -0.4 is 5.73 Å². The minimum atomic E-state index is 0.0905. The third kappa shape index (κ3) is 3.10. The smallest absolute Gasteiger partial charge is 0.265 e. The van der Waals surface area contributed by atoms with Gasteiger partial charge in [-0.25, -0.2) is 9.97 Å². The summed E-state index contributed by atoms with van der Waals surface area (Å²) in [5.74, 6) is 1.12. The van der Waals surface area contributed by atoms with Crippen molar-refractivity contribution in [2.45, 2.75) is 19.3 Å². The van der Waals surface area contributed by atoms with Crippen LogP contribution in [0.3, 0.4) is 0 Å². The number of thiophene rings is 1. The monoisotopic (exact) mass is 464 g/mol. The summed E-state index contributed by atoms with van der Waals surface area (Å²) in [6, 6.07) is 9.76. The van der Waals surface area contributed by atoms with Gasteiger partial charge in [-0.05, 0) is 41.9 Å². The molecule has 2 aromatic heterocycles. The van der Waals surface area contributed by atoms with Crippen LogP contribution in [0.1, 0.15) is 28.9 Å². The second-order valence-electron chi connectivity index (χ2n) is 6.08. The average molecular weight is 464 g/mol. The van der Waals surface area contributed by atoms with Crippen molar-refractivity contribution in [3.8, 4) is 11.4 Å². The largest absolute Gasteiger partial charge is 0.383 e. The number of carbonyl (C=O) groups is 1. The number of nitrogen functional groups attached to an aromatic ring is 1. The van der Waals surface area contributed by atoms with E-state index in [1.165, 1.54) is 17.8 Å². The van der Waals surface area contributed by atoms with E-state index < -0.39 is 0 Å². The molecule has 1 aliphatic heterocycles. The molecule has 1 fully saturated rings. The number of fused-ring (bicyclic) bond motifs is 1. The molecule has 5 nitrogen and oxygen atoms in total. The van der Waals surface area contributed by atoms with E-state index in [1.807, 2.05) is 35.2 Å². The molecule has 1 aliphatic rings. The molecule has 25 heavy (non-hydrogen) atoms. The summed E-state index contributed by atoms with van der Waals surface area (Å²) in [6.07, 6.45) is 3.35. The fraction of sp³-hybridized carbons (Fsp3) is 0.278. The molecule has 3 heterocycles. The SMILES string of the molecule is Nc1nc(-c2ccccc2)nc2sc(C(=O)N3CCCCC3)c(I)c12. The molecular weight excluding hydrogens is 447 g/mol. The Bertz CT molecular complexity index is 935. The maximum absolute atomic E-state index is 12.9. The number of aromatic nitrogens is 2. The van der Waals surface area contributed by atoms with E-state index in [1.54, 1.807) is 0 Å². The van der Waals surface area contributed by atoms with Gasteiger partial charge in [-0.1, -0.05) is 30.3 Å². The van der Waals surface area contributed by atoms with E-state index in [4.69, 9.17) is 5.73 Å². The maximum atomic E-state index is 12.9. The van der Waals surface area contributed by atoms with Gasteiger partial charge in [-0.2, -0.15) is 0 Å². The van der Waals surface area contributed by atoms with Crippen molar-refractivity contribution in [2.24, 2.45) is 0 Å². The van der Waals surface area contributed by atoms with Crippen molar-refractivity contribution in [1.29, 1.82) is 0 Å². The molecule has 1 amide bonds. The highest BCUT2D eigenvalue weighted by molar-refractivity contribution is 14.1. The number of nitrogens with two attached hydrogens (primary N) is 1. The number of piperidine rings is 1. The molecule has 0 aliphatic carbocycles. The fourth-order valence-electron chi connectivity index (χ4n) is 3.09. The summed E-state index contributed by atoms with van der Waals surface area (Å²) in [5.41, 5.74) is 7.13. The van der Waals surface area contributed by atoms with Crippen LogP contribution >= 0.6 is 33.9 Å². The van der Waals surface area contributed by atoms with Crippen LogP contribution in [0.2, 0.25) is 0 Å². The molecule has 1 saturated heterocycles. The number of hydrogen-bond donors (Lipinski definition) is 1. The molecule has 3 aromatic rings. The zero-order valence-corrected chi connectivity index (χ0v) is 16.5. The van der Waals surface area contributed by atoms with Crippen LogP contribution in [0, 0.1) is 3.57 Å². The van der Waals surface area contributed by atoms with E-state index >= 15 is 0 Å². The Labute approximate surface area is 163 Å². The van der Waals surface area contributed by atoms with Gasteiger partial charge in [0, 0.05) is 22.2 Å². The lowest BCUT2D eigenvalue weighted by Crippen LogP contribution is -2.35. The summed E-state index contributed by atoms with van der Waals surface area (Å²) in [5, 5.41) is 0.797. The van der Waals surface area contributed by atoms with Crippen LogP contribution in [-0.2, 0) is 0 Å². The first-order chi connectivity index (χ1) is 12.1. The Morgan fingerprint density at radius 2 is 1.84 bits per heavy atom. The van der Waals surface area contributed by atoms with Crippen LogP contribution in [-0.4, -0.2) is 33.9 Å². The van der Waals surface area contributed by atoms with E-state index in [9.17, 15) is 4.79 Å². The topological polar surface area (TPSA) is 72.1 Å². The number of halogens is 1. The molecule has 0 atom stereocenters. The highest BCUT2D eigenvalue weighted by atomic mass is 127. The van der Waals surface area contributed by atoms with E-state index in [0.29, 0.717) is 11.6 Å². The first-order valence-electron chi connectivity index (χ1n) is 8.25. The Morgan fingerprint density at radius 1 is 1.12 bits per heavy atom. The van der Waals surface area contributed by atoms with Crippen molar-refractivity contribution in [3.05, 3.63) is 38.8 Å². The summed E-state index contributed by atoms with van der Waals surface area (Å²) >= 11 is 3.62. The zero-order valence-electron chi connectivity index (χ0n) is 13.5. The lowest BCUT2D eigenvalue weighted by atomic mass is 10.1. The summed E-state index contributed by atoms with van der Waals surface area (Å²) in [4.78, 5) is 25.5. The molecule has 1 aromatic carbocycles. The summed E-state index contributed by atoms with van der Waals surface area (Å²) in [6.45, 7) is 1.67. The fourth-order valence-corrected chi connectivity index (χ4v) is 5.40. The predicted octanol–water partition coefficient (Wildman–Crippen LogP) is 4.17. The number of rotatable bonds is 2. The molecule has 2 N–H and O–H groups in total. The number of nitrogens with zero attached hydrogens (tertiary/aromatic N) is 3. The standard InChI is InChI=1S/C18H17IN4OS/c19-13-12-15(20)21-16(11-7-3-1-4-8-11)22-17(12)25-14(13)18(24)23-9-5-2-6-10-23/h1,3-4,7-8H,2,5-6,9-10H2,(H2,20,21,22). The van der Waals surface area contributed by atoms with E-state index in [-0.39, 0.29) is 5.91 Å². The number of amides is 1. The van der Waals surface area contributed by atoms with Gasteiger partial charge >= 0.3 is 0 Å². The van der Waals surface area contributed by atoms with Crippen LogP contribution in [0.4, 0.5) is 5.82 Å². The molecule has 7 heteroatoms. The van der Waals surface area contributed by atoms with Gasteiger partial charge < -0.3 is 10.6 Å². The maximum Gasteiger partial charge on any atom is 0.265 e. The number of hydrogen-bond acceptors (Lipinski definition) is 5. The zero-order chi connectivity index (χ0) is 17.4. The van der Waals surface area contributed by atoms with Crippen molar-refractivity contribution in [1.82, 2.24) is 14.9 Å². The number of carbonyl (C=O) groups excluding carboxylic acids is 1. The average Bonchev–Trinajstić information content (AvgIpc) is 2.99. The van der Waals surface area contributed by atoms with Crippen LogP contribution in [0.15, 0.2) is 30.3 Å². The molecule has 128 valence electrons. The Balaban J connectivity index is 1.79. The molecule has 0 unspecified atom stereocenters. The van der Waals surface area contributed by atoms with E-state index in [2.05, 4.69) is 32.6 Å².